The zero-order valence-corrected chi connectivity index (χ0v) is 14.3. The SMILES string of the molecule is COC(=O)c1ccccc1N1CC(C(=O)NCc2ccccn2)CC1=O. The first-order valence-corrected chi connectivity index (χ1v) is 8.25. The molecule has 1 aromatic carbocycles. The number of nitrogens with zero attached hydrogens (tertiary/aromatic N) is 2. The molecule has 2 heterocycles. The quantitative estimate of drug-likeness (QED) is 0.824. The first-order chi connectivity index (χ1) is 12.6. The highest BCUT2D eigenvalue weighted by Gasteiger charge is 2.36. The van der Waals surface area contributed by atoms with Crippen molar-refractivity contribution in [1.29, 1.82) is 0 Å². The van der Waals surface area contributed by atoms with Gasteiger partial charge in [-0.2, -0.15) is 0 Å². The lowest BCUT2D eigenvalue weighted by molar-refractivity contribution is -0.126. The predicted octanol–water partition coefficient (Wildman–Crippen LogP) is 1.54. The largest absolute Gasteiger partial charge is 0.465 e. The molecule has 1 aliphatic rings. The third-order valence-corrected chi connectivity index (χ3v) is 4.27. The summed E-state index contributed by atoms with van der Waals surface area (Å²) in [5.41, 5.74) is 1.51. The fourth-order valence-corrected chi connectivity index (χ4v) is 2.93. The van der Waals surface area contributed by atoms with E-state index in [1.807, 2.05) is 12.1 Å². The summed E-state index contributed by atoms with van der Waals surface area (Å²) in [7, 11) is 1.29. The van der Waals surface area contributed by atoms with Crippen LogP contribution in [0.4, 0.5) is 5.69 Å². The topological polar surface area (TPSA) is 88.6 Å². The molecule has 1 fully saturated rings. The molecule has 2 amide bonds. The molecule has 0 spiro atoms. The third-order valence-electron chi connectivity index (χ3n) is 4.27. The van der Waals surface area contributed by atoms with Gasteiger partial charge in [0.1, 0.15) is 0 Å². The molecule has 1 aliphatic heterocycles. The fourth-order valence-electron chi connectivity index (χ4n) is 2.93. The van der Waals surface area contributed by atoms with Crippen LogP contribution in [-0.2, 0) is 20.9 Å². The second-order valence-electron chi connectivity index (χ2n) is 5.95. The lowest BCUT2D eigenvalue weighted by Crippen LogP contribution is -2.33. The zero-order chi connectivity index (χ0) is 18.5. The van der Waals surface area contributed by atoms with Crippen molar-refractivity contribution < 1.29 is 19.1 Å². The molecule has 7 nitrogen and oxygen atoms in total. The van der Waals surface area contributed by atoms with Crippen LogP contribution >= 0.6 is 0 Å². The number of esters is 1. The molecule has 134 valence electrons. The highest BCUT2D eigenvalue weighted by molar-refractivity contribution is 6.05. The lowest BCUT2D eigenvalue weighted by atomic mass is 10.1. The number of ether oxygens (including phenoxy) is 1. The molecule has 3 rings (SSSR count). The van der Waals surface area contributed by atoms with E-state index in [0.29, 0.717) is 17.8 Å². The van der Waals surface area contributed by atoms with Crippen LogP contribution in [-0.4, -0.2) is 36.4 Å². The van der Waals surface area contributed by atoms with E-state index >= 15 is 0 Å². The van der Waals surface area contributed by atoms with Crippen LogP contribution in [0.2, 0.25) is 0 Å². The van der Waals surface area contributed by atoms with E-state index in [1.165, 1.54) is 12.0 Å². The summed E-state index contributed by atoms with van der Waals surface area (Å²) < 4.78 is 4.77. The van der Waals surface area contributed by atoms with Gasteiger partial charge in [0.25, 0.3) is 0 Å². The Morgan fingerprint density at radius 1 is 1.23 bits per heavy atom. The van der Waals surface area contributed by atoms with E-state index < -0.39 is 11.9 Å². The maximum Gasteiger partial charge on any atom is 0.339 e. The van der Waals surface area contributed by atoms with Gasteiger partial charge in [-0.15, -0.1) is 0 Å². The van der Waals surface area contributed by atoms with Gasteiger partial charge >= 0.3 is 5.97 Å². The first-order valence-electron chi connectivity index (χ1n) is 8.25. The highest BCUT2D eigenvalue weighted by atomic mass is 16.5. The van der Waals surface area contributed by atoms with Crippen molar-refractivity contribution in [3.8, 4) is 0 Å². The Hall–Kier alpha value is -3.22. The van der Waals surface area contributed by atoms with Crippen molar-refractivity contribution >= 4 is 23.5 Å². The number of rotatable bonds is 5. The Labute approximate surface area is 151 Å². The summed E-state index contributed by atoms with van der Waals surface area (Å²) in [6.07, 6.45) is 1.76. The number of benzene rings is 1. The van der Waals surface area contributed by atoms with Crippen molar-refractivity contribution in [3.05, 3.63) is 59.9 Å². The maximum absolute atomic E-state index is 12.4. The number of carbonyl (C=O) groups is 3. The normalized spacial score (nSPS) is 16.4. The maximum atomic E-state index is 12.4. The van der Waals surface area contributed by atoms with Crippen LogP contribution in [0.3, 0.4) is 0 Å². The summed E-state index contributed by atoms with van der Waals surface area (Å²) in [5, 5.41) is 2.81. The van der Waals surface area contributed by atoms with E-state index in [1.54, 1.807) is 36.5 Å². The van der Waals surface area contributed by atoms with Crippen molar-refractivity contribution in [1.82, 2.24) is 10.3 Å². The third kappa shape index (κ3) is 3.72. The van der Waals surface area contributed by atoms with Gasteiger partial charge in [0.15, 0.2) is 0 Å². The molecule has 2 aromatic rings. The first kappa shape index (κ1) is 17.6. The van der Waals surface area contributed by atoms with Gasteiger partial charge in [0, 0.05) is 19.2 Å². The predicted molar refractivity (Wildman–Crippen MR) is 94.3 cm³/mol. The van der Waals surface area contributed by atoms with Gasteiger partial charge in [-0.1, -0.05) is 18.2 Å². The second kappa shape index (κ2) is 7.77. The molecule has 26 heavy (non-hydrogen) atoms. The summed E-state index contributed by atoms with van der Waals surface area (Å²) in [6, 6.07) is 12.2. The summed E-state index contributed by atoms with van der Waals surface area (Å²) in [5.74, 6) is -1.39. The Kier molecular flexibility index (Phi) is 5.26. The molecule has 1 saturated heterocycles. The van der Waals surface area contributed by atoms with Crippen molar-refractivity contribution in [2.24, 2.45) is 5.92 Å². The van der Waals surface area contributed by atoms with Crippen LogP contribution in [0.5, 0.6) is 0 Å². The number of para-hydroxylation sites is 1. The van der Waals surface area contributed by atoms with Gasteiger partial charge < -0.3 is 15.0 Å². The standard InChI is InChI=1S/C19H19N3O4/c1-26-19(25)15-7-2-3-8-16(15)22-12-13(10-17(22)23)18(24)21-11-14-6-4-5-9-20-14/h2-9,13H,10-12H2,1H3,(H,21,24). The minimum atomic E-state index is -0.517. The Morgan fingerprint density at radius 3 is 2.73 bits per heavy atom. The molecule has 1 unspecified atom stereocenters. The number of hydrogen-bond acceptors (Lipinski definition) is 5. The van der Waals surface area contributed by atoms with Crippen molar-refractivity contribution in [2.45, 2.75) is 13.0 Å². The number of aromatic nitrogens is 1. The average molecular weight is 353 g/mol. The van der Waals surface area contributed by atoms with E-state index in [2.05, 4.69) is 10.3 Å². The summed E-state index contributed by atoms with van der Waals surface area (Å²) >= 11 is 0. The van der Waals surface area contributed by atoms with Gasteiger partial charge in [-0.3, -0.25) is 14.6 Å². The molecule has 1 aromatic heterocycles. The fraction of sp³-hybridized carbons (Fsp3) is 0.263. The highest BCUT2D eigenvalue weighted by Crippen LogP contribution is 2.28. The van der Waals surface area contributed by atoms with Gasteiger partial charge in [-0.05, 0) is 24.3 Å². The minimum absolute atomic E-state index is 0.101. The molecule has 1 N–H and O–H groups in total. The number of methoxy groups -OCH3 is 1. The monoisotopic (exact) mass is 353 g/mol. The lowest BCUT2D eigenvalue weighted by Gasteiger charge is -2.19. The summed E-state index contributed by atoms with van der Waals surface area (Å²) in [6.45, 7) is 0.532. The van der Waals surface area contributed by atoms with E-state index in [9.17, 15) is 14.4 Å². The molecule has 0 radical (unpaired) electrons. The number of hydrogen-bond donors (Lipinski definition) is 1. The molecule has 1 atom stereocenters. The van der Waals surface area contributed by atoms with Crippen LogP contribution in [0, 0.1) is 5.92 Å². The summed E-state index contributed by atoms with van der Waals surface area (Å²) in [4.78, 5) is 42.4. The molecule has 0 saturated carbocycles. The van der Waals surface area contributed by atoms with Gasteiger partial charge in [-0.25, -0.2) is 4.79 Å². The van der Waals surface area contributed by atoms with Crippen LogP contribution in [0.15, 0.2) is 48.7 Å². The zero-order valence-electron chi connectivity index (χ0n) is 14.3. The van der Waals surface area contributed by atoms with Crippen LogP contribution in [0.1, 0.15) is 22.5 Å². The van der Waals surface area contributed by atoms with E-state index in [-0.39, 0.29) is 24.8 Å². The number of amides is 2. The van der Waals surface area contributed by atoms with E-state index in [4.69, 9.17) is 4.74 Å². The number of pyridine rings is 1. The molecular formula is C19H19N3O4. The molecule has 7 heteroatoms. The molecule has 0 aliphatic carbocycles. The second-order valence-corrected chi connectivity index (χ2v) is 5.95. The smallest absolute Gasteiger partial charge is 0.339 e. The molecule has 0 bridgehead atoms. The molecular weight excluding hydrogens is 334 g/mol. The Bertz CT molecular complexity index is 823. The van der Waals surface area contributed by atoms with Crippen molar-refractivity contribution in [2.75, 3.05) is 18.6 Å². The minimum Gasteiger partial charge on any atom is -0.465 e. The number of carbonyl (C=O) groups excluding carboxylic acids is 3. The average Bonchev–Trinajstić information content (AvgIpc) is 3.08. The Balaban J connectivity index is 1.69. The number of nitrogens with one attached hydrogen (secondary N) is 1. The van der Waals surface area contributed by atoms with Crippen LogP contribution < -0.4 is 10.2 Å². The Morgan fingerprint density at radius 2 is 2.00 bits per heavy atom. The van der Waals surface area contributed by atoms with Gasteiger partial charge in [0.2, 0.25) is 11.8 Å². The van der Waals surface area contributed by atoms with E-state index in [0.717, 1.165) is 5.69 Å². The number of anilines is 1. The van der Waals surface area contributed by atoms with Gasteiger partial charge in [0.05, 0.1) is 36.5 Å². The van der Waals surface area contributed by atoms with Crippen LogP contribution in [0.25, 0.3) is 0 Å². The van der Waals surface area contributed by atoms with Crippen molar-refractivity contribution in [3.63, 3.8) is 0 Å².